The molecule has 21 heavy (non-hydrogen) atoms. The molecule has 1 unspecified atom stereocenters. The highest BCUT2D eigenvalue weighted by atomic mass is 16.5. The minimum atomic E-state index is 0.225. The van der Waals surface area contributed by atoms with Gasteiger partial charge in [0.05, 0.1) is 24.8 Å². The molecule has 4 heteroatoms. The Labute approximate surface area is 124 Å². The lowest BCUT2D eigenvalue weighted by molar-refractivity contribution is 0.0769. The lowest BCUT2D eigenvalue weighted by Gasteiger charge is -2.24. The summed E-state index contributed by atoms with van der Waals surface area (Å²) in [5, 5.41) is 12.5. The topological polar surface area (TPSA) is 71.1 Å². The number of morpholine rings is 1. The van der Waals surface area contributed by atoms with Crippen molar-refractivity contribution in [3.63, 3.8) is 0 Å². The Balaban J connectivity index is 1.94. The number of nitrogens with two attached hydrogens (primary N) is 1. The molecule has 0 aliphatic carbocycles. The van der Waals surface area contributed by atoms with Crippen LogP contribution >= 0.6 is 0 Å². The van der Waals surface area contributed by atoms with Gasteiger partial charge in [0.15, 0.2) is 0 Å². The summed E-state index contributed by atoms with van der Waals surface area (Å²) < 4.78 is 5.51. The molecular formula is C17H17N3O. The fourth-order valence-corrected chi connectivity index (χ4v) is 2.55. The summed E-state index contributed by atoms with van der Waals surface area (Å²) in [6.45, 7) is 2.32. The van der Waals surface area contributed by atoms with Crippen molar-refractivity contribution in [2.24, 2.45) is 0 Å². The van der Waals surface area contributed by atoms with Crippen molar-refractivity contribution in [3.05, 3.63) is 53.6 Å². The van der Waals surface area contributed by atoms with Gasteiger partial charge in [-0.1, -0.05) is 24.3 Å². The average molecular weight is 279 g/mol. The van der Waals surface area contributed by atoms with Crippen molar-refractivity contribution in [1.82, 2.24) is 5.32 Å². The van der Waals surface area contributed by atoms with E-state index in [2.05, 4.69) is 23.5 Å². The van der Waals surface area contributed by atoms with E-state index >= 15 is 0 Å². The molecule has 2 aromatic rings. The Morgan fingerprint density at radius 3 is 2.81 bits per heavy atom. The number of rotatable bonds is 2. The molecule has 3 N–H and O–H groups in total. The van der Waals surface area contributed by atoms with E-state index in [0.717, 1.165) is 24.3 Å². The smallest absolute Gasteiger partial charge is 0.101 e. The number of ether oxygens (including phenoxy) is 1. The maximum atomic E-state index is 9.09. The zero-order valence-corrected chi connectivity index (χ0v) is 11.7. The van der Waals surface area contributed by atoms with Gasteiger partial charge in [0.25, 0.3) is 0 Å². The van der Waals surface area contributed by atoms with Crippen LogP contribution in [0.15, 0.2) is 42.5 Å². The molecule has 4 nitrogen and oxygen atoms in total. The first-order valence-electron chi connectivity index (χ1n) is 6.99. The number of nitrogens with zero attached hydrogens (tertiary/aromatic N) is 1. The largest absolute Gasteiger partial charge is 0.398 e. The quantitative estimate of drug-likeness (QED) is 0.828. The van der Waals surface area contributed by atoms with Gasteiger partial charge in [0.1, 0.15) is 6.07 Å². The van der Waals surface area contributed by atoms with E-state index in [1.165, 1.54) is 5.56 Å². The summed E-state index contributed by atoms with van der Waals surface area (Å²) in [4.78, 5) is 0. The molecule has 0 amide bonds. The van der Waals surface area contributed by atoms with Crippen molar-refractivity contribution >= 4 is 5.69 Å². The van der Waals surface area contributed by atoms with Gasteiger partial charge in [0, 0.05) is 12.2 Å². The first-order valence-corrected chi connectivity index (χ1v) is 6.99. The van der Waals surface area contributed by atoms with Crippen LogP contribution in [-0.2, 0) is 4.74 Å². The SMILES string of the molecule is N#Cc1cc(-c2cccc(C3COCCN3)c2)ccc1N. The van der Waals surface area contributed by atoms with Crippen molar-refractivity contribution in [1.29, 1.82) is 5.26 Å². The van der Waals surface area contributed by atoms with Crippen LogP contribution in [0.25, 0.3) is 11.1 Å². The fraction of sp³-hybridized carbons (Fsp3) is 0.235. The predicted octanol–water partition coefficient (Wildman–Crippen LogP) is 2.47. The molecule has 1 aliphatic rings. The molecule has 1 aliphatic heterocycles. The highest BCUT2D eigenvalue weighted by molar-refractivity contribution is 5.70. The third kappa shape index (κ3) is 2.89. The van der Waals surface area contributed by atoms with Crippen LogP contribution < -0.4 is 11.1 Å². The summed E-state index contributed by atoms with van der Waals surface area (Å²) in [7, 11) is 0. The predicted molar refractivity (Wildman–Crippen MR) is 82.6 cm³/mol. The summed E-state index contributed by atoms with van der Waals surface area (Å²) in [6.07, 6.45) is 0. The van der Waals surface area contributed by atoms with Gasteiger partial charge in [0.2, 0.25) is 0 Å². The van der Waals surface area contributed by atoms with Crippen molar-refractivity contribution in [2.75, 3.05) is 25.5 Å². The van der Waals surface area contributed by atoms with E-state index in [1.807, 2.05) is 24.3 Å². The normalized spacial score (nSPS) is 18.1. The van der Waals surface area contributed by atoms with E-state index in [-0.39, 0.29) is 6.04 Å². The summed E-state index contributed by atoms with van der Waals surface area (Å²) in [5.41, 5.74) is 10.1. The highest BCUT2D eigenvalue weighted by Gasteiger charge is 2.15. The molecule has 1 heterocycles. The number of hydrogen-bond donors (Lipinski definition) is 2. The molecular weight excluding hydrogens is 262 g/mol. The first kappa shape index (κ1) is 13.6. The number of nitrogen functional groups attached to an aromatic ring is 1. The molecule has 1 fully saturated rings. The Morgan fingerprint density at radius 1 is 1.19 bits per heavy atom. The van der Waals surface area contributed by atoms with Crippen LogP contribution in [-0.4, -0.2) is 19.8 Å². The Morgan fingerprint density at radius 2 is 2.05 bits per heavy atom. The first-order chi connectivity index (χ1) is 10.3. The molecule has 106 valence electrons. The number of hydrogen-bond acceptors (Lipinski definition) is 4. The highest BCUT2D eigenvalue weighted by Crippen LogP contribution is 2.26. The zero-order valence-electron chi connectivity index (χ0n) is 11.7. The Kier molecular flexibility index (Phi) is 3.87. The lowest BCUT2D eigenvalue weighted by Crippen LogP contribution is -2.34. The van der Waals surface area contributed by atoms with Crippen LogP contribution in [0.4, 0.5) is 5.69 Å². The van der Waals surface area contributed by atoms with Crippen molar-refractivity contribution in [2.45, 2.75) is 6.04 Å². The minimum absolute atomic E-state index is 0.225. The number of benzene rings is 2. The third-order valence-corrected chi connectivity index (χ3v) is 3.72. The second-order valence-electron chi connectivity index (χ2n) is 5.12. The molecule has 0 radical (unpaired) electrons. The minimum Gasteiger partial charge on any atom is -0.398 e. The monoisotopic (exact) mass is 279 g/mol. The van der Waals surface area contributed by atoms with Gasteiger partial charge in [-0.15, -0.1) is 0 Å². The van der Waals surface area contributed by atoms with Gasteiger partial charge in [-0.2, -0.15) is 5.26 Å². The Hall–Kier alpha value is -2.35. The second-order valence-corrected chi connectivity index (χ2v) is 5.12. The number of anilines is 1. The lowest BCUT2D eigenvalue weighted by atomic mass is 9.98. The molecule has 0 bridgehead atoms. The number of nitrogens with one attached hydrogen (secondary N) is 1. The third-order valence-electron chi connectivity index (χ3n) is 3.72. The standard InChI is InChI=1S/C17H17N3O/c18-10-15-9-13(4-5-16(15)19)12-2-1-3-14(8-12)17-11-21-7-6-20-17/h1-5,8-9,17,20H,6-7,11,19H2. The van der Waals surface area contributed by atoms with Gasteiger partial charge < -0.3 is 15.8 Å². The molecule has 1 saturated heterocycles. The molecule has 0 saturated carbocycles. The van der Waals surface area contributed by atoms with Crippen LogP contribution in [0, 0.1) is 11.3 Å². The van der Waals surface area contributed by atoms with Crippen LogP contribution in [0.2, 0.25) is 0 Å². The second kappa shape index (κ2) is 5.96. The zero-order chi connectivity index (χ0) is 14.7. The average Bonchev–Trinajstić information content (AvgIpc) is 2.56. The molecule has 0 spiro atoms. The maximum Gasteiger partial charge on any atom is 0.101 e. The molecule has 3 rings (SSSR count). The van der Waals surface area contributed by atoms with E-state index in [9.17, 15) is 0 Å². The van der Waals surface area contributed by atoms with Crippen molar-refractivity contribution in [3.8, 4) is 17.2 Å². The summed E-state index contributed by atoms with van der Waals surface area (Å²) >= 11 is 0. The maximum absolute atomic E-state index is 9.09. The van der Waals surface area contributed by atoms with Crippen LogP contribution in [0.3, 0.4) is 0 Å². The molecule has 0 aromatic heterocycles. The van der Waals surface area contributed by atoms with Crippen LogP contribution in [0.5, 0.6) is 0 Å². The van der Waals surface area contributed by atoms with E-state index in [0.29, 0.717) is 17.9 Å². The van der Waals surface area contributed by atoms with Gasteiger partial charge >= 0.3 is 0 Å². The molecule has 2 aromatic carbocycles. The van der Waals surface area contributed by atoms with Crippen molar-refractivity contribution < 1.29 is 4.74 Å². The summed E-state index contributed by atoms with van der Waals surface area (Å²) in [5.74, 6) is 0. The van der Waals surface area contributed by atoms with E-state index in [4.69, 9.17) is 15.7 Å². The van der Waals surface area contributed by atoms with E-state index in [1.54, 1.807) is 6.07 Å². The van der Waals surface area contributed by atoms with Crippen LogP contribution in [0.1, 0.15) is 17.2 Å². The number of nitriles is 1. The molecule has 1 atom stereocenters. The van der Waals surface area contributed by atoms with Gasteiger partial charge in [-0.25, -0.2) is 0 Å². The van der Waals surface area contributed by atoms with E-state index < -0.39 is 0 Å². The Bertz CT molecular complexity index is 685. The van der Waals surface area contributed by atoms with Gasteiger partial charge in [-0.05, 0) is 34.9 Å². The van der Waals surface area contributed by atoms with Gasteiger partial charge in [-0.3, -0.25) is 0 Å². The summed E-state index contributed by atoms with van der Waals surface area (Å²) in [6, 6.07) is 16.2. The fourth-order valence-electron chi connectivity index (χ4n) is 2.55.